The number of aliphatic hydroxyl groups excluding tert-OH is 1. The lowest BCUT2D eigenvalue weighted by molar-refractivity contribution is 0.0782. The van der Waals surface area contributed by atoms with Crippen LogP contribution in [-0.2, 0) is 4.74 Å². The van der Waals surface area contributed by atoms with Gasteiger partial charge in [-0.2, -0.15) is 5.10 Å². The Bertz CT molecular complexity index is 1320. The molecule has 37 heavy (non-hydrogen) atoms. The van der Waals surface area contributed by atoms with Gasteiger partial charge in [0.25, 0.3) is 0 Å². The number of nitrogens with one attached hydrogen (secondary N) is 1. The van der Waals surface area contributed by atoms with Crippen molar-refractivity contribution in [3.8, 4) is 21.8 Å². The number of thiophene rings is 1. The minimum absolute atomic E-state index is 0.193. The van der Waals surface area contributed by atoms with Crippen LogP contribution in [0.15, 0.2) is 48.1 Å². The van der Waals surface area contributed by atoms with Crippen molar-refractivity contribution < 1.29 is 9.84 Å². The monoisotopic (exact) mass is 521 g/mol. The van der Waals surface area contributed by atoms with Gasteiger partial charge in [-0.3, -0.25) is 10.2 Å². The van der Waals surface area contributed by atoms with Gasteiger partial charge < -0.3 is 14.7 Å². The van der Waals surface area contributed by atoms with Gasteiger partial charge >= 0.3 is 0 Å². The number of ether oxygens (including phenoxy) is 1. The molecular weight excluding hydrogens is 486 g/mol. The summed E-state index contributed by atoms with van der Waals surface area (Å²) < 4.78 is 7.24. The van der Waals surface area contributed by atoms with Gasteiger partial charge in [0.05, 0.1) is 34.1 Å². The minimum atomic E-state index is -0.825. The fraction of sp³-hybridized carbons (Fsp3) is 0.444. The molecule has 4 aromatic rings. The van der Waals surface area contributed by atoms with Crippen LogP contribution in [0.4, 0.5) is 5.82 Å². The third kappa shape index (κ3) is 5.39. The number of pyridine rings is 1. The van der Waals surface area contributed by atoms with Crippen molar-refractivity contribution in [1.29, 1.82) is 0 Å². The summed E-state index contributed by atoms with van der Waals surface area (Å²) >= 11 is 1.66. The molecule has 1 saturated heterocycles. The van der Waals surface area contributed by atoms with Crippen LogP contribution in [0.3, 0.4) is 0 Å². The number of nitrogens with zero attached hydrogens (tertiary/aromatic N) is 6. The molecule has 5 rings (SSSR count). The first-order valence-electron chi connectivity index (χ1n) is 12.8. The highest BCUT2D eigenvalue weighted by Gasteiger charge is 2.29. The second-order valence-corrected chi connectivity index (χ2v) is 10.4. The molecule has 10 heteroatoms. The Morgan fingerprint density at radius 3 is 2.70 bits per heavy atom. The molecule has 1 aliphatic rings. The summed E-state index contributed by atoms with van der Waals surface area (Å²) in [6.45, 7) is 10.7. The summed E-state index contributed by atoms with van der Waals surface area (Å²) in [5.41, 5.74) is 3.96. The molecule has 1 fully saturated rings. The molecule has 0 amide bonds. The number of methoxy groups -OCH3 is 1. The normalized spacial score (nSPS) is 15.9. The molecule has 1 unspecified atom stereocenters. The van der Waals surface area contributed by atoms with E-state index in [9.17, 15) is 5.11 Å². The maximum Gasteiger partial charge on any atom is 0.165 e. The van der Waals surface area contributed by atoms with Crippen molar-refractivity contribution in [2.45, 2.75) is 39.1 Å². The van der Waals surface area contributed by atoms with Crippen molar-refractivity contribution in [2.75, 3.05) is 44.7 Å². The van der Waals surface area contributed by atoms with Gasteiger partial charge in [-0.25, -0.2) is 14.5 Å². The number of rotatable bonds is 11. The molecule has 0 saturated carbocycles. The molecule has 196 valence electrons. The van der Waals surface area contributed by atoms with Crippen LogP contribution in [0.1, 0.15) is 32.6 Å². The number of fused-ring (bicyclic) bond motifs is 1. The molecule has 1 aliphatic heterocycles. The third-order valence-corrected chi connectivity index (χ3v) is 8.01. The second kappa shape index (κ2) is 11.2. The van der Waals surface area contributed by atoms with Crippen LogP contribution in [0.25, 0.3) is 27.5 Å². The molecule has 0 spiro atoms. The van der Waals surface area contributed by atoms with E-state index in [0.717, 1.165) is 65.0 Å². The van der Waals surface area contributed by atoms with Crippen LogP contribution < -0.4 is 10.2 Å². The van der Waals surface area contributed by atoms with Gasteiger partial charge in [0, 0.05) is 44.5 Å². The lowest BCUT2D eigenvalue weighted by atomic mass is 10.1. The summed E-state index contributed by atoms with van der Waals surface area (Å²) in [5, 5.41) is 21.0. The van der Waals surface area contributed by atoms with Crippen LogP contribution in [0.2, 0.25) is 0 Å². The van der Waals surface area contributed by atoms with Crippen LogP contribution in [0, 0.1) is 0 Å². The van der Waals surface area contributed by atoms with Gasteiger partial charge in [0.15, 0.2) is 5.65 Å². The summed E-state index contributed by atoms with van der Waals surface area (Å²) in [4.78, 5) is 15.5. The van der Waals surface area contributed by atoms with E-state index in [-0.39, 0.29) is 6.10 Å². The highest BCUT2D eigenvalue weighted by Crippen LogP contribution is 2.31. The molecule has 0 radical (unpaired) electrons. The fourth-order valence-corrected chi connectivity index (χ4v) is 5.45. The van der Waals surface area contributed by atoms with Gasteiger partial charge in [-0.15, -0.1) is 11.3 Å². The molecule has 4 aromatic heterocycles. The Hall–Kier alpha value is -2.89. The maximum atomic E-state index is 11.2. The predicted molar refractivity (Wildman–Crippen MR) is 148 cm³/mol. The maximum absolute atomic E-state index is 11.2. The number of aliphatic hydroxyl groups is 1. The second-order valence-electron chi connectivity index (χ2n) is 9.40. The van der Waals surface area contributed by atoms with Crippen LogP contribution in [-0.4, -0.2) is 81.6 Å². The van der Waals surface area contributed by atoms with E-state index in [1.165, 1.54) is 0 Å². The molecule has 0 aliphatic carbocycles. The van der Waals surface area contributed by atoms with Crippen LogP contribution in [0.5, 0.6) is 0 Å². The van der Waals surface area contributed by atoms with E-state index < -0.39 is 6.23 Å². The van der Waals surface area contributed by atoms with Crippen molar-refractivity contribution in [3.63, 3.8) is 0 Å². The first kappa shape index (κ1) is 25.7. The topological polar surface area (TPSA) is 91.0 Å². The first-order chi connectivity index (χ1) is 18.0. The lowest BCUT2D eigenvalue weighted by Gasteiger charge is -2.39. The SMILES string of the molecule is CCN(CC)[C@@H](C)CNC(O)c1cc(-c2cnn3ccc(-c4cccs4)nc23)nc(N2CC(OC)C2)c1. The Kier molecular flexibility index (Phi) is 7.82. The van der Waals surface area contributed by atoms with E-state index >= 15 is 0 Å². The molecule has 0 bridgehead atoms. The number of aromatic nitrogens is 4. The van der Waals surface area contributed by atoms with Crippen LogP contribution >= 0.6 is 11.3 Å². The molecule has 2 atom stereocenters. The molecule has 2 N–H and O–H groups in total. The highest BCUT2D eigenvalue weighted by atomic mass is 32.1. The molecule has 9 nitrogen and oxygen atoms in total. The van der Waals surface area contributed by atoms with Crippen molar-refractivity contribution in [1.82, 2.24) is 29.8 Å². The number of likely N-dealkylation sites (N-methyl/N-ethyl adjacent to an activating group) is 1. The van der Waals surface area contributed by atoms with Crippen molar-refractivity contribution >= 4 is 22.8 Å². The summed E-state index contributed by atoms with van der Waals surface area (Å²) in [6, 6.07) is 10.3. The minimum Gasteiger partial charge on any atom is -0.378 e. The third-order valence-electron chi connectivity index (χ3n) is 7.12. The summed E-state index contributed by atoms with van der Waals surface area (Å²) in [5.74, 6) is 0.812. The number of hydrogen-bond donors (Lipinski definition) is 2. The van der Waals surface area contributed by atoms with Gasteiger partial charge in [-0.05, 0) is 49.7 Å². The van der Waals surface area contributed by atoms with Gasteiger partial charge in [-0.1, -0.05) is 19.9 Å². The first-order valence-corrected chi connectivity index (χ1v) is 13.7. The van der Waals surface area contributed by atoms with E-state index in [0.29, 0.717) is 12.6 Å². The van der Waals surface area contributed by atoms with Gasteiger partial charge in [0.2, 0.25) is 0 Å². The summed E-state index contributed by atoms with van der Waals surface area (Å²) in [7, 11) is 1.73. The zero-order valence-corrected chi connectivity index (χ0v) is 22.6. The quantitative estimate of drug-likeness (QED) is 0.289. The van der Waals surface area contributed by atoms with Crippen molar-refractivity contribution in [3.05, 3.63) is 53.7 Å². The average Bonchev–Trinajstić information content (AvgIpc) is 3.57. The predicted octanol–water partition coefficient (Wildman–Crippen LogP) is 3.67. The summed E-state index contributed by atoms with van der Waals surface area (Å²) in [6.07, 6.45) is 3.09. The Balaban J connectivity index is 1.48. The average molecular weight is 522 g/mol. The zero-order chi connectivity index (χ0) is 25.9. The standard InChI is InChI=1S/C27H35N7O2S/c1-5-32(6-2)18(3)14-28-27(35)19-12-23(30-25(13-19)33-16-20(17-33)36-4)21-15-29-34-10-9-22(31-26(21)34)24-8-7-11-37-24/h7-13,15,18,20,27-28,35H,5-6,14,16-17H2,1-4H3/t18-,27?/m0/s1. The van der Waals surface area contributed by atoms with E-state index in [4.69, 9.17) is 14.7 Å². The van der Waals surface area contributed by atoms with E-state index in [1.807, 2.05) is 35.8 Å². The smallest absolute Gasteiger partial charge is 0.165 e. The fourth-order valence-electron chi connectivity index (χ4n) is 4.76. The largest absolute Gasteiger partial charge is 0.378 e. The highest BCUT2D eigenvalue weighted by molar-refractivity contribution is 7.13. The zero-order valence-electron chi connectivity index (χ0n) is 21.8. The Labute approximate surface area is 221 Å². The van der Waals surface area contributed by atoms with E-state index in [2.05, 4.69) is 47.1 Å². The number of anilines is 1. The van der Waals surface area contributed by atoms with Crippen molar-refractivity contribution in [2.24, 2.45) is 0 Å². The Morgan fingerprint density at radius 1 is 1.19 bits per heavy atom. The molecular formula is C27H35N7O2S. The number of hydrogen-bond acceptors (Lipinski definition) is 9. The molecule has 0 aromatic carbocycles. The Morgan fingerprint density at radius 2 is 2.00 bits per heavy atom. The molecule has 5 heterocycles. The van der Waals surface area contributed by atoms with Gasteiger partial charge in [0.1, 0.15) is 12.0 Å². The lowest BCUT2D eigenvalue weighted by Crippen LogP contribution is -2.52. The van der Waals surface area contributed by atoms with E-state index in [1.54, 1.807) is 29.2 Å².